The number of hydrogen-bond acceptors (Lipinski definition) is 2. The van der Waals surface area contributed by atoms with Crippen LogP contribution in [0, 0.1) is 10.8 Å². The van der Waals surface area contributed by atoms with Crippen LogP contribution in [0.15, 0.2) is 0 Å². The maximum Gasteiger partial charge on any atom is 0.0316 e. The molecule has 17 heavy (non-hydrogen) atoms. The van der Waals surface area contributed by atoms with Gasteiger partial charge in [-0.3, -0.25) is 0 Å². The average Bonchev–Trinajstić information content (AvgIpc) is 2.12. The lowest BCUT2D eigenvalue weighted by Gasteiger charge is -2.53. The Bertz CT molecular complexity index is 240. The van der Waals surface area contributed by atoms with Crippen LogP contribution in [0.2, 0.25) is 0 Å². The molecule has 0 aromatic carbocycles. The molecular weight excluding hydrogens is 208 g/mol. The van der Waals surface area contributed by atoms with Gasteiger partial charge in [-0.1, -0.05) is 34.6 Å². The molecule has 0 aromatic heterocycles. The third kappa shape index (κ3) is 3.96. The summed E-state index contributed by atoms with van der Waals surface area (Å²) in [7, 11) is 0. The molecule has 0 heterocycles. The average molecular weight is 240 g/mol. The standard InChI is InChI=1S/C15H32N2/c1-7-12(2)17-15(11-16)9-13(3,4)8-14(5,6)10-15/h12,17H,7-11,16H2,1-6H3. The Morgan fingerprint density at radius 3 is 1.88 bits per heavy atom. The molecule has 0 radical (unpaired) electrons. The van der Waals surface area contributed by atoms with Crippen molar-refractivity contribution < 1.29 is 0 Å². The molecule has 1 aliphatic carbocycles. The molecule has 3 N–H and O–H groups in total. The molecule has 0 amide bonds. The Morgan fingerprint density at radius 2 is 1.53 bits per heavy atom. The summed E-state index contributed by atoms with van der Waals surface area (Å²) >= 11 is 0. The van der Waals surface area contributed by atoms with Crippen molar-refractivity contribution in [3.8, 4) is 0 Å². The fourth-order valence-electron chi connectivity index (χ4n) is 4.25. The summed E-state index contributed by atoms with van der Waals surface area (Å²) in [5, 5.41) is 3.82. The molecule has 1 rings (SSSR count). The lowest BCUT2D eigenvalue weighted by atomic mass is 9.58. The monoisotopic (exact) mass is 240 g/mol. The first-order valence-electron chi connectivity index (χ1n) is 7.11. The maximum absolute atomic E-state index is 6.12. The van der Waals surface area contributed by atoms with E-state index in [-0.39, 0.29) is 5.54 Å². The van der Waals surface area contributed by atoms with Gasteiger partial charge in [0.15, 0.2) is 0 Å². The Balaban J connectivity index is 2.90. The SMILES string of the molecule is CCC(C)NC1(CN)CC(C)(C)CC(C)(C)C1. The number of hydrogen-bond donors (Lipinski definition) is 2. The van der Waals surface area contributed by atoms with Crippen LogP contribution in [0.5, 0.6) is 0 Å². The molecule has 0 aliphatic heterocycles. The minimum atomic E-state index is 0.140. The fourth-order valence-corrected chi connectivity index (χ4v) is 4.25. The molecule has 2 heteroatoms. The van der Waals surface area contributed by atoms with Gasteiger partial charge in [0.1, 0.15) is 0 Å². The van der Waals surface area contributed by atoms with Gasteiger partial charge >= 0.3 is 0 Å². The smallest absolute Gasteiger partial charge is 0.0316 e. The highest BCUT2D eigenvalue weighted by molar-refractivity contribution is 5.03. The first-order chi connectivity index (χ1) is 7.64. The zero-order valence-corrected chi connectivity index (χ0v) is 12.7. The van der Waals surface area contributed by atoms with E-state index in [0.717, 1.165) is 6.54 Å². The van der Waals surface area contributed by atoms with E-state index in [2.05, 4.69) is 46.9 Å². The van der Waals surface area contributed by atoms with E-state index < -0.39 is 0 Å². The maximum atomic E-state index is 6.12. The predicted molar refractivity (Wildman–Crippen MR) is 76.1 cm³/mol. The van der Waals surface area contributed by atoms with Crippen LogP contribution < -0.4 is 11.1 Å². The van der Waals surface area contributed by atoms with E-state index in [1.165, 1.54) is 25.7 Å². The van der Waals surface area contributed by atoms with Crippen molar-refractivity contribution in [1.82, 2.24) is 5.32 Å². The highest BCUT2D eigenvalue weighted by atomic mass is 15.0. The molecule has 0 saturated heterocycles. The van der Waals surface area contributed by atoms with Gasteiger partial charge in [-0.25, -0.2) is 0 Å². The van der Waals surface area contributed by atoms with Crippen molar-refractivity contribution in [2.24, 2.45) is 16.6 Å². The molecule has 1 aliphatic rings. The van der Waals surface area contributed by atoms with Crippen molar-refractivity contribution in [3.63, 3.8) is 0 Å². The molecule has 2 nitrogen and oxygen atoms in total. The largest absolute Gasteiger partial charge is 0.329 e. The van der Waals surface area contributed by atoms with Gasteiger partial charge < -0.3 is 11.1 Å². The highest BCUT2D eigenvalue weighted by Crippen LogP contribution is 2.49. The van der Waals surface area contributed by atoms with Gasteiger partial charge in [0.05, 0.1) is 0 Å². The second-order valence-electron chi connectivity index (χ2n) is 7.80. The van der Waals surface area contributed by atoms with E-state index in [1.54, 1.807) is 0 Å². The van der Waals surface area contributed by atoms with Crippen LogP contribution >= 0.6 is 0 Å². The van der Waals surface area contributed by atoms with Crippen LogP contribution in [0.1, 0.15) is 67.2 Å². The molecule has 1 atom stereocenters. The lowest BCUT2D eigenvalue weighted by Crippen LogP contribution is -2.61. The zero-order valence-electron chi connectivity index (χ0n) is 12.7. The molecule has 1 saturated carbocycles. The van der Waals surface area contributed by atoms with Gasteiger partial charge in [0, 0.05) is 18.1 Å². The Morgan fingerprint density at radius 1 is 1.06 bits per heavy atom. The molecule has 0 aromatic rings. The Kier molecular flexibility index (Phi) is 4.31. The van der Waals surface area contributed by atoms with Gasteiger partial charge in [0.25, 0.3) is 0 Å². The molecule has 102 valence electrons. The van der Waals surface area contributed by atoms with Crippen LogP contribution in [-0.2, 0) is 0 Å². The summed E-state index contributed by atoms with van der Waals surface area (Å²) in [6.07, 6.45) is 4.86. The van der Waals surface area contributed by atoms with Gasteiger partial charge in [0.2, 0.25) is 0 Å². The van der Waals surface area contributed by atoms with E-state index in [0.29, 0.717) is 16.9 Å². The summed E-state index contributed by atoms with van der Waals surface area (Å²) in [5.74, 6) is 0. The molecule has 0 bridgehead atoms. The van der Waals surface area contributed by atoms with Crippen LogP contribution in [0.25, 0.3) is 0 Å². The van der Waals surface area contributed by atoms with Crippen LogP contribution in [0.3, 0.4) is 0 Å². The van der Waals surface area contributed by atoms with Crippen LogP contribution in [0.4, 0.5) is 0 Å². The Hall–Kier alpha value is -0.0800. The number of rotatable bonds is 4. The van der Waals surface area contributed by atoms with Crippen molar-refractivity contribution in [2.45, 2.75) is 78.8 Å². The first kappa shape index (κ1) is 15.0. The lowest BCUT2D eigenvalue weighted by molar-refractivity contribution is 0.0270. The summed E-state index contributed by atoms with van der Waals surface area (Å²) < 4.78 is 0. The second kappa shape index (κ2) is 4.89. The predicted octanol–water partition coefficient (Wildman–Crippen LogP) is 3.31. The van der Waals surface area contributed by atoms with Crippen molar-refractivity contribution in [1.29, 1.82) is 0 Å². The first-order valence-corrected chi connectivity index (χ1v) is 7.11. The summed E-state index contributed by atoms with van der Waals surface area (Å²) in [5.41, 5.74) is 7.04. The highest BCUT2D eigenvalue weighted by Gasteiger charge is 2.46. The minimum absolute atomic E-state index is 0.140. The topological polar surface area (TPSA) is 38.0 Å². The summed E-state index contributed by atoms with van der Waals surface area (Å²) in [6, 6.07) is 0.559. The minimum Gasteiger partial charge on any atom is -0.329 e. The fraction of sp³-hybridized carbons (Fsp3) is 1.00. The number of nitrogens with two attached hydrogens (primary N) is 1. The van der Waals surface area contributed by atoms with E-state index in [1.807, 2.05) is 0 Å². The quantitative estimate of drug-likeness (QED) is 0.791. The number of nitrogens with one attached hydrogen (secondary N) is 1. The molecule has 1 fully saturated rings. The summed E-state index contributed by atoms with van der Waals surface area (Å²) in [4.78, 5) is 0. The van der Waals surface area contributed by atoms with Crippen molar-refractivity contribution >= 4 is 0 Å². The third-order valence-corrected chi connectivity index (χ3v) is 4.15. The molecule has 1 unspecified atom stereocenters. The summed E-state index contributed by atoms with van der Waals surface area (Å²) in [6.45, 7) is 14.8. The second-order valence-corrected chi connectivity index (χ2v) is 7.80. The third-order valence-electron chi connectivity index (χ3n) is 4.15. The normalized spacial score (nSPS) is 27.7. The van der Waals surface area contributed by atoms with E-state index >= 15 is 0 Å². The molecular formula is C15H32N2. The van der Waals surface area contributed by atoms with Crippen molar-refractivity contribution in [2.75, 3.05) is 6.54 Å². The van der Waals surface area contributed by atoms with E-state index in [9.17, 15) is 0 Å². The zero-order chi connectivity index (χ0) is 13.3. The van der Waals surface area contributed by atoms with Gasteiger partial charge in [-0.2, -0.15) is 0 Å². The van der Waals surface area contributed by atoms with Gasteiger partial charge in [-0.15, -0.1) is 0 Å². The molecule has 0 spiro atoms. The van der Waals surface area contributed by atoms with E-state index in [4.69, 9.17) is 5.73 Å². The van der Waals surface area contributed by atoms with Crippen molar-refractivity contribution in [3.05, 3.63) is 0 Å². The van der Waals surface area contributed by atoms with Crippen LogP contribution in [-0.4, -0.2) is 18.1 Å². The van der Waals surface area contributed by atoms with Gasteiger partial charge in [-0.05, 0) is 43.4 Å². The Labute approximate surface area is 108 Å².